The first-order valence-electron chi connectivity index (χ1n) is 12.6. The number of piperazine rings is 1. The Morgan fingerprint density at radius 3 is 2.37 bits per heavy atom. The quantitative estimate of drug-likeness (QED) is 0.636. The van der Waals surface area contributed by atoms with E-state index in [-0.39, 0.29) is 5.75 Å². The van der Waals surface area contributed by atoms with Crippen LogP contribution in [0.15, 0.2) is 52.4 Å². The fraction of sp³-hybridized carbons (Fsp3) is 0.481. The Morgan fingerprint density at radius 1 is 1.03 bits per heavy atom. The Hall–Kier alpha value is -3.26. The Kier molecular flexibility index (Phi) is 11.9. The molecule has 1 saturated heterocycles. The van der Waals surface area contributed by atoms with Crippen LogP contribution in [0.1, 0.15) is 59.4 Å². The molecule has 2 aliphatic rings. The van der Waals surface area contributed by atoms with E-state index in [4.69, 9.17) is 4.74 Å². The smallest absolute Gasteiger partial charge is 0.216 e. The highest BCUT2D eigenvalue weighted by molar-refractivity contribution is 6.12. The summed E-state index contributed by atoms with van der Waals surface area (Å²) in [7, 11) is 1.56. The maximum absolute atomic E-state index is 10.7. The van der Waals surface area contributed by atoms with Gasteiger partial charge in [-0.2, -0.15) is 0 Å². The van der Waals surface area contributed by atoms with E-state index in [0.29, 0.717) is 22.8 Å². The van der Waals surface area contributed by atoms with E-state index in [9.17, 15) is 5.11 Å². The van der Waals surface area contributed by atoms with Crippen LogP contribution in [-0.2, 0) is 0 Å². The molecule has 2 N–H and O–H groups in total. The number of hydrogen-bond donors (Lipinski definition) is 2. The van der Waals surface area contributed by atoms with E-state index < -0.39 is 0 Å². The van der Waals surface area contributed by atoms with Crippen LogP contribution < -0.4 is 10.1 Å². The summed E-state index contributed by atoms with van der Waals surface area (Å²) in [5.41, 5.74) is 4.01. The Morgan fingerprint density at radius 2 is 1.74 bits per heavy atom. The van der Waals surface area contributed by atoms with Crippen molar-refractivity contribution in [3.63, 3.8) is 0 Å². The largest absolute Gasteiger partial charge is 0.507 e. The maximum atomic E-state index is 10.7. The highest BCUT2D eigenvalue weighted by Gasteiger charge is 2.19. The van der Waals surface area contributed by atoms with Crippen LogP contribution in [0.3, 0.4) is 0 Å². The molecule has 8 nitrogen and oxygen atoms in total. The summed E-state index contributed by atoms with van der Waals surface area (Å²) in [5.74, 6) is 1.60. The van der Waals surface area contributed by atoms with Crippen molar-refractivity contribution in [3.8, 4) is 22.9 Å². The lowest BCUT2D eigenvalue weighted by Crippen LogP contribution is -2.46. The molecule has 4 rings (SSSR count). The van der Waals surface area contributed by atoms with Crippen molar-refractivity contribution in [3.05, 3.63) is 47.8 Å². The van der Waals surface area contributed by atoms with E-state index in [1.165, 1.54) is 18.3 Å². The molecule has 1 fully saturated rings. The zero-order valence-electron chi connectivity index (χ0n) is 22.0. The number of phenols is 1. The molecular weight excluding hydrogens is 440 g/mol. The second kappa shape index (κ2) is 14.9. The van der Waals surface area contributed by atoms with Gasteiger partial charge >= 0.3 is 0 Å². The first-order chi connectivity index (χ1) is 17.1. The molecule has 1 aromatic heterocycles. The number of rotatable bonds is 4. The minimum Gasteiger partial charge on any atom is -0.507 e. The van der Waals surface area contributed by atoms with Gasteiger partial charge in [0.25, 0.3) is 0 Å². The van der Waals surface area contributed by atoms with Crippen molar-refractivity contribution >= 4 is 11.5 Å². The van der Waals surface area contributed by atoms with Gasteiger partial charge in [0.15, 0.2) is 0 Å². The van der Waals surface area contributed by atoms with E-state index in [0.717, 1.165) is 50.4 Å². The van der Waals surface area contributed by atoms with Gasteiger partial charge in [0, 0.05) is 49.8 Å². The van der Waals surface area contributed by atoms with Gasteiger partial charge in [-0.15, -0.1) is 10.2 Å². The Labute approximate surface area is 209 Å². The molecule has 2 aromatic rings. The number of nitrogens with one attached hydrogen (secondary N) is 1. The number of hydrogen-bond acceptors (Lipinski definition) is 8. The molecule has 0 atom stereocenters. The van der Waals surface area contributed by atoms with Crippen LogP contribution in [0.5, 0.6) is 11.6 Å². The fourth-order valence-corrected chi connectivity index (χ4v) is 3.60. The molecule has 3 heterocycles. The number of nitrogens with zero attached hydrogens (tertiary/aromatic N) is 5. The maximum Gasteiger partial charge on any atom is 0.216 e. The SMILES string of the molecule is CC.CCC.CCC1=CC(c2ccc(-c3cc(OC)ncn3)cc2O)=NN=C(N2CCNCC2)C1. The number of methoxy groups -OCH3 is 1. The molecule has 190 valence electrons. The highest BCUT2D eigenvalue weighted by atomic mass is 16.5. The predicted octanol–water partition coefficient (Wildman–Crippen LogP) is 5.05. The number of benzene rings is 1. The standard InChI is InChI=1S/C22H26N6O2.C3H8.C2H6/c1-3-15-10-19(26-27-21(11-15)28-8-6-23-7-9-28)17-5-4-16(12-20(17)29)18-13-22(30-2)25-14-24-18;1-3-2;1-2/h4-5,10,12-14,23,29H,3,6-9,11H2,1-2H3;3H2,1-2H3;1-2H3. The van der Waals surface area contributed by atoms with Crippen molar-refractivity contribution in [2.45, 2.75) is 53.9 Å². The van der Waals surface area contributed by atoms with E-state index in [2.05, 4.69) is 51.2 Å². The van der Waals surface area contributed by atoms with Crippen LogP contribution in [0.4, 0.5) is 0 Å². The second-order valence-corrected chi connectivity index (χ2v) is 7.96. The summed E-state index contributed by atoms with van der Waals surface area (Å²) >= 11 is 0. The molecular formula is C27H40N6O2. The van der Waals surface area contributed by atoms with Crippen molar-refractivity contribution in [2.24, 2.45) is 10.2 Å². The third-order valence-electron chi connectivity index (χ3n) is 5.36. The Balaban J connectivity index is 0.000000803. The second-order valence-electron chi connectivity index (χ2n) is 7.96. The summed E-state index contributed by atoms with van der Waals surface area (Å²) in [6.45, 7) is 14.2. The zero-order chi connectivity index (χ0) is 25.6. The van der Waals surface area contributed by atoms with Crippen molar-refractivity contribution < 1.29 is 9.84 Å². The summed E-state index contributed by atoms with van der Waals surface area (Å²) < 4.78 is 5.16. The molecule has 0 spiro atoms. The molecule has 35 heavy (non-hydrogen) atoms. The topological polar surface area (TPSA) is 95.2 Å². The first-order valence-corrected chi connectivity index (χ1v) is 12.6. The molecule has 0 amide bonds. The van der Waals surface area contributed by atoms with Gasteiger partial charge in [-0.3, -0.25) is 0 Å². The lowest BCUT2D eigenvalue weighted by molar-refractivity contribution is 0.352. The lowest BCUT2D eigenvalue weighted by atomic mass is 10.0. The van der Waals surface area contributed by atoms with Crippen LogP contribution in [-0.4, -0.2) is 64.8 Å². The lowest BCUT2D eigenvalue weighted by Gasteiger charge is -2.29. The minimum atomic E-state index is 0.136. The van der Waals surface area contributed by atoms with Gasteiger partial charge in [-0.25, -0.2) is 9.97 Å². The van der Waals surface area contributed by atoms with Gasteiger partial charge in [-0.05, 0) is 24.6 Å². The number of amidine groups is 1. The van der Waals surface area contributed by atoms with Gasteiger partial charge < -0.3 is 20.1 Å². The van der Waals surface area contributed by atoms with Crippen LogP contribution in [0.2, 0.25) is 0 Å². The summed E-state index contributed by atoms with van der Waals surface area (Å²) in [5, 5.41) is 23.2. The molecule has 1 aromatic carbocycles. The monoisotopic (exact) mass is 480 g/mol. The fourth-order valence-electron chi connectivity index (χ4n) is 3.60. The molecule has 0 bridgehead atoms. The zero-order valence-corrected chi connectivity index (χ0v) is 22.0. The minimum absolute atomic E-state index is 0.136. The highest BCUT2D eigenvalue weighted by Crippen LogP contribution is 2.28. The van der Waals surface area contributed by atoms with Crippen molar-refractivity contribution in [2.75, 3.05) is 33.3 Å². The van der Waals surface area contributed by atoms with Crippen LogP contribution >= 0.6 is 0 Å². The van der Waals surface area contributed by atoms with Crippen LogP contribution in [0, 0.1) is 0 Å². The first kappa shape index (κ1) is 28.0. The van der Waals surface area contributed by atoms with Gasteiger partial charge in [0.1, 0.15) is 17.9 Å². The summed E-state index contributed by atoms with van der Waals surface area (Å²) in [6.07, 6.45) is 6.42. The Bertz CT molecular complexity index is 1030. The number of allylic oxidation sites excluding steroid dienone is 1. The third kappa shape index (κ3) is 7.89. The van der Waals surface area contributed by atoms with Crippen molar-refractivity contribution in [1.29, 1.82) is 0 Å². The van der Waals surface area contributed by atoms with Gasteiger partial charge in [0.2, 0.25) is 5.88 Å². The molecule has 0 radical (unpaired) electrons. The summed E-state index contributed by atoms with van der Waals surface area (Å²) in [4.78, 5) is 10.6. The number of phenolic OH excluding ortho intramolecular Hbond substituents is 1. The normalized spacial score (nSPS) is 15.3. The van der Waals surface area contributed by atoms with Gasteiger partial charge in [-0.1, -0.05) is 52.7 Å². The predicted molar refractivity (Wildman–Crippen MR) is 144 cm³/mol. The average molecular weight is 481 g/mol. The van der Waals surface area contributed by atoms with E-state index in [1.54, 1.807) is 19.2 Å². The molecule has 2 aliphatic heterocycles. The molecule has 0 aliphatic carbocycles. The van der Waals surface area contributed by atoms with Crippen molar-refractivity contribution in [1.82, 2.24) is 20.2 Å². The number of ether oxygens (including phenoxy) is 1. The molecule has 8 heteroatoms. The summed E-state index contributed by atoms with van der Waals surface area (Å²) in [6, 6.07) is 7.18. The van der Waals surface area contributed by atoms with Gasteiger partial charge in [0.05, 0.1) is 18.5 Å². The van der Waals surface area contributed by atoms with E-state index in [1.807, 2.05) is 32.1 Å². The molecule has 0 saturated carbocycles. The third-order valence-corrected chi connectivity index (χ3v) is 5.36. The number of aromatic hydroxyl groups is 1. The average Bonchev–Trinajstić information content (AvgIpc) is 3.14. The van der Waals surface area contributed by atoms with E-state index >= 15 is 0 Å². The van der Waals surface area contributed by atoms with Crippen LogP contribution in [0.25, 0.3) is 11.3 Å². The number of aromatic nitrogens is 2. The molecule has 0 unspecified atom stereocenters.